The summed E-state index contributed by atoms with van der Waals surface area (Å²) in [5.74, 6) is 0.0344. The van der Waals surface area contributed by atoms with Crippen LogP contribution in [0.5, 0.6) is 0 Å². The van der Waals surface area contributed by atoms with E-state index in [9.17, 15) is 8.42 Å². The molecule has 25 heavy (non-hydrogen) atoms. The van der Waals surface area contributed by atoms with Crippen LogP contribution in [-0.2, 0) is 14.8 Å². The number of hydrogen-bond acceptors (Lipinski definition) is 3. The van der Waals surface area contributed by atoms with Crippen LogP contribution < -0.4 is 4.72 Å². The molecule has 2 aromatic carbocycles. The van der Waals surface area contributed by atoms with Crippen LogP contribution in [0, 0.1) is 0 Å². The average molecular weight is 359 g/mol. The van der Waals surface area contributed by atoms with Crippen LogP contribution in [0.3, 0.4) is 0 Å². The number of hydrogen-bond donors (Lipinski definition) is 1. The number of ether oxygens (including phenoxy) is 1. The molecule has 0 saturated carbocycles. The maximum Gasteiger partial charge on any atom is 0.214 e. The Kier molecular flexibility index (Phi) is 5.57. The third-order valence-corrected chi connectivity index (χ3v) is 6.61. The zero-order chi connectivity index (χ0) is 17.9. The van der Waals surface area contributed by atoms with Crippen LogP contribution >= 0.6 is 0 Å². The molecular weight excluding hydrogens is 334 g/mol. The molecule has 0 aromatic heterocycles. The van der Waals surface area contributed by atoms with Crippen LogP contribution in [0.15, 0.2) is 54.6 Å². The number of sulfonamides is 1. The fourth-order valence-corrected chi connectivity index (χ4v) is 4.08. The third-order valence-electron chi connectivity index (χ3n) is 4.74. The Morgan fingerprint density at radius 2 is 1.64 bits per heavy atom. The molecular formula is C20H25NO3S. The minimum atomic E-state index is -3.30. The molecule has 1 aliphatic rings. The summed E-state index contributed by atoms with van der Waals surface area (Å²) in [4.78, 5) is 0. The molecule has 1 N–H and O–H groups in total. The molecule has 5 heteroatoms. The molecule has 1 saturated heterocycles. The predicted octanol–water partition coefficient (Wildman–Crippen LogP) is 3.55. The molecule has 4 nitrogen and oxygen atoms in total. The second-order valence-electron chi connectivity index (χ2n) is 6.78. The lowest BCUT2D eigenvalue weighted by molar-refractivity contribution is 0.0653. The van der Waals surface area contributed by atoms with E-state index in [2.05, 4.69) is 41.1 Å². The first-order valence-electron chi connectivity index (χ1n) is 8.71. The van der Waals surface area contributed by atoms with Crippen molar-refractivity contribution in [1.29, 1.82) is 0 Å². The van der Waals surface area contributed by atoms with Crippen molar-refractivity contribution in [3.63, 3.8) is 0 Å². The topological polar surface area (TPSA) is 55.4 Å². The van der Waals surface area contributed by atoms with Gasteiger partial charge in [0.15, 0.2) is 0 Å². The molecule has 0 radical (unpaired) electrons. The molecule has 0 amide bonds. The van der Waals surface area contributed by atoms with E-state index in [-0.39, 0.29) is 12.0 Å². The highest BCUT2D eigenvalue weighted by Gasteiger charge is 2.31. The van der Waals surface area contributed by atoms with Crippen LogP contribution in [0.4, 0.5) is 0 Å². The van der Waals surface area contributed by atoms with Crippen molar-refractivity contribution in [2.24, 2.45) is 0 Å². The van der Waals surface area contributed by atoms with Crippen molar-refractivity contribution >= 4 is 10.0 Å². The lowest BCUT2D eigenvalue weighted by atomic mass is 9.88. The average Bonchev–Trinajstić information content (AvgIpc) is 2.63. The van der Waals surface area contributed by atoms with Crippen LogP contribution in [0.2, 0.25) is 0 Å². The molecule has 2 unspecified atom stereocenters. The molecule has 0 aliphatic carbocycles. The Morgan fingerprint density at radius 1 is 1.00 bits per heavy atom. The van der Waals surface area contributed by atoms with Gasteiger partial charge in [-0.25, -0.2) is 13.1 Å². The van der Waals surface area contributed by atoms with Gasteiger partial charge in [-0.3, -0.25) is 0 Å². The summed E-state index contributed by atoms with van der Waals surface area (Å²) in [5, 5.41) is -0.434. The predicted molar refractivity (Wildman–Crippen MR) is 101 cm³/mol. The summed E-state index contributed by atoms with van der Waals surface area (Å²) in [6.07, 6.45) is 0.692. The molecule has 1 heterocycles. The third kappa shape index (κ3) is 4.29. The highest BCUT2D eigenvalue weighted by Crippen LogP contribution is 2.29. The van der Waals surface area contributed by atoms with Crippen molar-refractivity contribution < 1.29 is 13.2 Å². The molecule has 1 aliphatic heterocycles. The molecule has 0 spiro atoms. The van der Waals surface area contributed by atoms with Gasteiger partial charge in [0.2, 0.25) is 10.0 Å². The van der Waals surface area contributed by atoms with E-state index in [1.807, 2.05) is 18.2 Å². The Hall–Kier alpha value is -1.69. The SMILES string of the molecule is CC(C)S(=O)(=O)NC1CCOCC1c1ccc(-c2ccccc2)cc1. The van der Waals surface area contributed by atoms with Crippen molar-refractivity contribution in [1.82, 2.24) is 4.72 Å². The van der Waals surface area contributed by atoms with Gasteiger partial charge in [0.05, 0.1) is 11.9 Å². The van der Waals surface area contributed by atoms with Gasteiger partial charge in [0.25, 0.3) is 0 Å². The lowest BCUT2D eigenvalue weighted by Crippen LogP contribution is -2.46. The van der Waals surface area contributed by atoms with Gasteiger partial charge in [0.1, 0.15) is 0 Å². The van der Waals surface area contributed by atoms with Crippen LogP contribution in [-0.4, -0.2) is 32.9 Å². The normalized spacial score (nSPS) is 21.4. The summed E-state index contributed by atoms with van der Waals surface area (Å²) in [7, 11) is -3.30. The number of nitrogens with one attached hydrogen (secondary N) is 1. The van der Waals surface area contributed by atoms with Gasteiger partial charge in [-0.05, 0) is 37.0 Å². The Morgan fingerprint density at radius 3 is 2.28 bits per heavy atom. The Labute approximate surface area is 150 Å². The van der Waals surface area contributed by atoms with Gasteiger partial charge in [0, 0.05) is 18.6 Å². The van der Waals surface area contributed by atoms with Crippen molar-refractivity contribution in [3.8, 4) is 11.1 Å². The highest BCUT2D eigenvalue weighted by molar-refractivity contribution is 7.90. The summed E-state index contributed by atoms with van der Waals surface area (Å²) < 4.78 is 33.0. The molecule has 2 atom stereocenters. The van der Waals surface area contributed by atoms with E-state index < -0.39 is 15.3 Å². The summed E-state index contributed by atoms with van der Waals surface area (Å²) >= 11 is 0. The zero-order valence-electron chi connectivity index (χ0n) is 14.7. The van der Waals surface area contributed by atoms with E-state index in [4.69, 9.17) is 4.74 Å². The summed E-state index contributed by atoms with van der Waals surface area (Å²) in [6.45, 7) is 4.52. The fraction of sp³-hybridized carbons (Fsp3) is 0.400. The quantitative estimate of drug-likeness (QED) is 0.888. The van der Waals surface area contributed by atoms with Crippen molar-refractivity contribution in [2.75, 3.05) is 13.2 Å². The standard InChI is InChI=1S/C20H25NO3S/c1-15(2)25(22,23)21-20-12-13-24-14-19(20)18-10-8-17(9-11-18)16-6-4-3-5-7-16/h3-11,15,19-21H,12-14H2,1-2H3. The van der Waals surface area contributed by atoms with Gasteiger partial charge in [-0.2, -0.15) is 0 Å². The summed E-state index contributed by atoms with van der Waals surface area (Å²) in [5.41, 5.74) is 3.43. The van der Waals surface area contributed by atoms with Gasteiger partial charge in [-0.1, -0.05) is 54.6 Å². The first-order chi connectivity index (χ1) is 12.0. The van der Waals surface area contributed by atoms with Gasteiger partial charge < -0.3 is 4.74 Å². The van der Waals surface area contributed by atoms with Crippen molar-refractivity contribution in [2.45, 2.75) is 37.5 Å². The second-order valence-corrected chi connectivity index (χ2v) is 9.04. The molecule has 134 valence electrons. The Bertz CT molecular complexity index is 785. The van der Waals surface area contributed by atoms with E-state index >= 15 is 0 Å². The zero-order valence-corrected chi connectivity index (χ0v) is 15.5. The van der Waals surface area contributed by atoms with E-state index in [1.54, 1.807) is 13.8 Å². The van der Waals surface area contributed by atoms with E-state index in [1.165, 1.54) is 5.56 Å². The van der Waals surface area contributed by atoms with Crippen LogP contribution in [0.25, 0.3) is 11.1 Å². The Balaban J connectivity index is 1.81. The minimum absolute atomic E-state index is 0.0344. The highest BCUT2D eigenvalue weighted by atomic mass is 32.2. The van der Waals surface area contributed by atoms with E-state index in [0.29, 0.717) is 19.6 Å². The molecule has 0 bridgehead atoms. The fourth-order valence-electron chi connectivity index (χ4n) is 3.11. The number of benzene rings is 2. The lowest BCUT2D eigenvalue weighted by Gasteiger charge is -2.33. The molecule has 2 aromatic rings. The van der Waals surface area contributed by atoms with Gasteiger partial charge >= 0.3 is 0 Å². The number of rotatable bonds is 5. The van der Waals surface area contributed by atoms with E-state index in [0.717, 1.165) is 11.1 Å². The minimum Gasteiger partial charge on any atom is -0.381 e. The molecule has 3 rings (SSSR count). The largest absolute Gasteiger partial charge is 0.381 e. The molecule has 1 fully saturated rings. The smallest absolute Gasteiger partial charge is 0.214 e. The van der Waals surface area contributed by atoms with Crippen LogP contribution in [0.1, 0.15) is 31.7 Å². The first kappa shape index (κ1) is 18.1. The maximum absolute atomic E-state index is 12.3. The monoisotopic (exact) mass is 359 g/mol. The second kappa shape index (κ2) is 7.68. The summed E-state index contributed by atoms with van der Waals surface area (Å²) in [6, 6.07) is 18.4. The van der Waals surface area contributed by atoms with Gasteiger partial charge in [-0.15, -0.1) is 0 Å². The van der Waals surface area contributed by atoms with Crippen molar-refractivity contribution in [3.05, 3.63) is 60.2 Å². The first-order valence-corrected chi connectivity index (χ1v) is 10.3. The maximum atomic E-state index is 12.3.